The maximum absolute atomic E-state index is 3.98. The van der Waals surface area contributed by atoms with Gasteiger partial charge in [-0.2, -0.15) is 0 Å². The minimum atomic E-state index is -0.127. The molecule has 2 aromatic rings. The highest BCUT2D eigenvalue weighted by atomic mass is 32.2. The summed E-state index contributed by atoms with van der Waals surface area (Å²) < 4.78 is 0. The Bertz CT molecular complexity index is 621. The third-order valence-electron chi connectivity index (χ3n) is 3.27. The highest BCUT2D eigenvalue weighted by molar-refractivity contribution is 8.00. The van der Waals surface area contributed by atoms with Crippen molar-refractivity contribution in [2.45, 2.75) is 23.1 Å². The molecule has 0 spiro atoms. The molecule has 0 nitrogen and oxygen atoms in total. The third kappa shape index (κ3) is 3.77. The standard InChI is InChI=1S/C20H21S/c1-4-10-18(6-3)21(19-11-8-7-9-12-19)20-15-13-17(5-2)14-16-20/h4,6-16H,1,3,5H2,2H3/q+1/b18-10+. The number of rotatable bonds is 6. The van der Waals surface area contributed by atoms with Gasteiger partial charge in [-0.25, -0.2) is 0 Å². The molecule has 106 valence electrons. The van der Waals surface area contributed by atoms with Crippen molar-refractivity contribution in [3.63, 3.8) is 0 Å². The minimum absolute atomic E-state index is 0.127. The van der Waals surface area contributed by atoms with E-state index < -0.39 is 0 Å². The van der Waals surface area contributed by atoms with E-state index in [0.717, 1.165) is 6.42 Å². The van der Waals surface area contributed by atoms with E-state index in [2.05, 4.69) is 80.8 Å². The summed E-state index contributed by atoms with van der Waals surface area (Å²) in [7, 11) is -0.127. The van der Waals surface area contributed by atoms with Crippen molar-refractivity contribution in [3.8, 4) is 0 Å². The van der Waals surface area contributed by atoms with Crippen LogP contribution in [0.1, 0.15) is 12.5 Å². The highest BCUT2D eigenvalue weighted by Gasteiger charge is 2.28. The Labute approximate surface area is 130 Å². The van der Waals surface area contributed by atoms with Crippen LogP contribution in [-0.2, 0) is 17.3 Å². The Morgan fingerprint density at radius 1 is 0.952 bits per heavy atom. The van der Waals surface area contributed by atoms with Crippen LogP contribution in [0.5, 0.6) is 0 Å². The van der Waals surface area contributed by atoms with Gasteiger partial charge in [0.15, 0.2) is 14.7 Å². The Balaban J connectivity index is 2.51. The number of hydrogen-bond donors (Lipinski definition) is 0. The topological polar surface area (TPSA) is 0 Å². The van der Waals surface area contributed by atoms with Crippen molar-refractivity contribution < 1.29 is 0 Å². The fourth-order valence-corrected chi connectivity index (χ4v) is 4.21. The second kappa shape index (κ2) is 7.70. The fourth-order valence-electron chi connectivity index (χ4n) is 2.16. The van der Waals surface area contributed by atoms with Crippen molar-refractivity contribution in [2.75, 3.05) is 0 Å². The molecule has 0 saturated heterocycles. The van der Waals surface area contributed by atoms with Crippen LogP contribution in [0, 0.1) is 0 Å². The smallest absolute Gasteiger partial charge is 0.0989 e. The van der Waals surface area contributed by atoms with Crippen LogP contribution in [0.25, 0.3) is 0 Å². The van der Waals surface area contributed by atoms with Crippen LogP contribution in [-0.4, -0.2) is 0 Å². The summed E-state index contributed by atoms with van der Waals surface area (Å²) in [6, 6.07) is 19.5. The van der Waals surface area contributed by atoms with Gasteiger partial charge in [-0.3, -0.25) is 0 Å². The van der Waals surface area contributed by atoms with Gasteiger partial charge >= 0.3 is 0 Å². The lowest BCUT2D eigenvalue weighted by Gasteiger charge is -2.08. The molecule has 0 saturated carbocycles. The predicted molar refractivity (Wildman–Crippen MR) is 94.6 cm³/mol. The van der Waals surface area contributed by atoms with Gasteiger partial charge in [-0.1, -0.05) is 56.5 Å². The molecule has 0 aliphatic carbocycles. The maximum Gasteiger partial charge on any atom is 0.166 e. The monoisotopic (exact) mass is 293 g/mol. The molecule has 2 rings (SSSR count). The molecule has 1 heteroatoms. The molecule has 0 amide bonds. The second-order valence-electron chi connectivity index (χ2n) is 4.63. The normalized spacial score (nSPS) is 12.7. The molecular formula is C20H21S+. The molecule has 0 aliphatic rings. The Morgan fingerprint density at radius 3 is 2.10 bits per heavy atom. The summed E-state index contributed by atoms with van der Waals surface area (Å²) in [6.45, 7) is 9.98. The summed E-state index contributed by atoms with van der Waals surface area (Å²) in [4.78, 5) is 3.81. The van der Waals surface area contributed by atoms with E-state index in [-0.39, 0.29) is 10.9 Å². The van der Waals surface area contributed by atoms with Crippen LogP contribution >= 0.6 is 0 Å². The number of hydrogen-bond acceptors (Lipinski definition) is 0. The van der Waals surface area contributed by atoms with Crippen LogP contribution < -0.4 is 0 Å². The SMILES string of the molecule is C=C/C=C(\C=C)[S+](c1ccccc1)c1ccc(CC)cc1. The Hall–Kier alpha value is -1.99. The lowest BCUT2D eigenvalue weighted by Crippen LogP contribution is -2.05. The summed E-state index contributed by atoms with van der Waals surface area (Å²) in [5.74, 6) is 0. The molecule has 0 aromatic heterocycles. The molecular weight excluding hydrogens is 272 g/mol. The average molecular weight is 293 g/mol. The molecule has 0 N–H and O–H groups in total. The quantitative estimate of drug-likeness (QED) is 0.484. The van der Waals surface area contributed by atoms with Gasteiger partial charge in [0.2, 0.25) is 0 Å². The van der Waals surface area contributed by atoms with Crippen molar-refractivity contribution >= 4 is 10.9 Å². The largest absolute Gasteiger partial charge is 0.166 e. The zero-order valence-corrected chi connectivity index (χ0v) is 13.3. The van der Waals surface area contributed by atoms with Gasteiger partial charge in [-0.15, -0.1) is 0 Å². The third-order valence-corrected chi connectivity index (χ3v) is 5.53. The molecule has 1 unspecified atom stereocenters. The average Bonchev–Trinajstić information content (AvgIpc) is 2.56. The van der Waals surface area contributed by atoms with Gasteiger partial charge in [0.25, 0.3) is 0 Å². The van der Waals surface area contributed by atoms with E-state index in [1.807, 2.05) is 12.2 Å². The van der Waals surface area contributed by atoms with E-state index in [1.165, 1.54) is 20.3 Å². The molecule has 1 atom stereocenters. The summed E-state index contributed by atoms with van der Waals surface area (Å²) in [5.41, 5.74) is 1.36. The summed E-state index contributed by atoms with van der Waals surface area (Å²) in [5, 5.41) is 0. The minimum Gasteiger partial charge on any atom is -0.0989 e. The van der Waals surface area contributed by atoms with Crippen molar-refractivity contribution in [3.05, 3.63) is 96.5 Å². The predicted octanol–water partition coefficient (Wildman–Crippen LogP) is 5.54. The first kappa shape index (κ1) is 15.4. The first-order valence-electron chi connectivity index (χ1n) is 7.13. The van der Waals surface area contributed by atoms with Gasteiger partial charge in [-0.05, 0) is 48.4 Å². The highest BCUT2D eigenvalue weighted by Crippen LogP contribution is 2.31. The lowest BCUT2D eigenvalue weighted by atomic mass is 10.2. The van der Waals surface area contributed by atoms with Gasteiger partial charge in [0.1, 0.15) is 0 Å². The van der Waals surface area contributed by atoms with Crippen LogP contribution in [0.15, 0.2) is 101 Å². The molecule has 0 fully saturated rings. The maximum atomic E-state index is 3.98. The van der Waals surface area contributed by atoms with Crippen molar-refractivity contribution in [1.82, 2.24) is 0 Å². The second-order valence-corrected chi connectivity index (χ2v) is 6.65. The van der Waals surface area contributed by atoms with Gasteiger partial charge in [0, 0.05) is 0 Å². The molecule has 0 bridgehead atoms. The molecule has 2 aromatic carbocycles. The fraction of sp³-hybridized carbons (Fsp3) is 0.100. The molecule has 0 radical (unpaired) electrons. The van der Waals surface area contributed by atoms with Crippen LogP contribution in [0.3, 0.4) is 0 Å². The summed E-state index contributed by atoms with van der Waals surface area (Å²) in [6.07, 6.45) is 6.89. The van der Waals surface area contributed by atoms with E-state index in [1.54, 1.807) is 0 Å². The Morgan fingerprint density at radius 2 is 1.57 bits per heavy atom. The van der Waals surface area contributed by atoms with Crippen LogP contribution in [0.4, 0.5) is 0 Å². The molecule has 21 heavy (non-hydrogen) atoms. The molecule has 0 heterocycles. The Kier molecular flexibility index (Phi) is 5.65. The van der Waals surface area contributed by atoms with E-state index in [4.69, 9.17) is 0 Å². The lowest BCUT2D eigenvalue weighted by molar-refractivity contribution is 1.13. The first-order valence-corrected chi connectivity index (χ1v) is 8.36. The van der Waals surface area contributed by atoms with Gasteiger partial charge < -0.3 is 0 Å². The van der Waals surface area contributed by atoms with E-state index in [9.17, 15) is 0 Å². The van der Waals surface area contributed by atoms with Crippen molar-refractivity contribution in [1.29, 1.82) is 0 Å². The number of benzene rings is 2. The first-order chi connectivity index (χ1) is 10.3. The summed E-state index contributed by atoms with van der Waals surface area (Å²) >= 11 is 0. The van der Waals surface area contributed by atoms with Gasteiger partial charge in [0.05, 0.1) is 10.9 Å². The zero-order valence-electron chi connectivity index (χ0n) is 12.5. The van der Waals surface area contributed by atoms with E-state index in [0.29, 0.717) is 0 Å². The van der Waals surface area contributed by atoms with Crippen molar-refractivity contribution in [2.24, 2.45) is 0 Å². The van der Waals surface area contributed by atoms with Crippen LogP contribution in [0.2, 0.25) is 0 Å². The zero-order chi connectivity index (χ0) is 15.1. The molecule has 0 aliphatic heterocycles. The number of aryl methyl sites for hydroxylation is 1. The number of allylic oxidation sites excluding steroid dienone is 3. The van der Waals surface area contributed by atoms with E-state index >= 15 is 0 Å².